The third-order valence-electron chi connectivity index (χ3n) is 6.96. The molecule has 0 radical (unpaired) electrons. The van der Waals surface area contributed by atoms with E-state index in [1.54, 1.807) is 37.4 Å². The third kappa shape index (κ3) is 6.47. The molecule has 4 aromatic rings. The van der Waals surface area contributed by atoms with Gasteiger partial charge in [0.25, 0.3) is 11.8 Å². The Bertz CT molecular complexity index is 1510. The topological polar surface area (TPSA) is 92.8 Å². The first-order valence-electron chi connectivity index (χ1n) is 13.2. The van der Waals surface area contributed by atoms with Crippen molar-refractivity contribution in [3.05, 3.63) is 119 Å². The number of methoxy groups -OCH3 is 2. The van der Waals surface area contributed by atoms with Gasteiger partial charge >= 0.3 is 0 Å². The molecule has 0 atom stereocenters. The maximum absolute atomic E-state index is 13.1. The van der Waals surface area contributed by atoms with Crippen LogP contribution in [0.25, 0.3) is 0 Å². The van der Waals surface area contributed by atoms with Crippen molar-refractivity contribution < 1.29 is 19.1 Å². The monoisotopic (exact) mass is 536 g/mol. The molecule has 2 amide bonds. The predicted octanol–water partition coefficient (Wildman–Crippen LogP) is 4.84. The van der Waals surface area contributed by atoms with Gasteiger partial charge in [-0.25, -0.2) is 0 Å². The van der Waals surface area contributed by atoms with Crippen molar-refractivity contribution in [2.45, 2.75) is 26.1 Å². The average Bonchev–Trinajstić information content (AvgIpc) is 3.00. The van der Waals surface area contributed by atoms with Gasteiger partial charge in [-0.05, 0) is 77.7 Å². The Morgan fingerprint density at radius 2 is 1.70 bits per heavy atom. The second-order valence-electron chi connectivity index (χ2n) is 9.67. The van der Waals surface area contributed by atoms with E-state index in [0.717, 1.165) is 43.0 Å². The minimum atomic E-state index is -0.248. The van der Waals surface area contributed by atoms with Crippen molar-refractivity contribution in [1.82, 2.24) is 15.2 Å². The summed E-state index contributed by atoms with van der Waals surface area (Å²) in [6.45, 7) is 2.86. The summed E-state index contributed by atoms with van der Waals surface area (Å²) in [6.07, 6.45) is 2.79. The van der Waals surface area contributed by atoms with Gasteiger partial charge in [0.2, 0.25) is 0 Å². The smallest absolute Gasteiger partial charge is 0.255 e. The van der Waals surface area contributed by atoms with Crippen LogP contribution in [0, 0.1) is 0 Å². The molecule has 8 heteroatoms. The lowest BCUT2D eigenvalue weighted by atomic mass is 9.98. The normalized spacial score (nSPS) is 12.8. The molecule has 5 rings (SSSR count). The number of nitrogens with one attached hydrogen (secondary N) is 2. The molecular formula is C32H32N4O4. The minimum absolute atomic E-state index is 0.200. The summed E-state index contributed by atoms with van der Waals surface area (Å²) in [5.74, 6) is 0.589. The second kappa shape index (κ2) is 12.4. The van der Waals surface area contributed by atoms with Crippen LogP contribution < -0.4 is 20.1 Å². The van der Waals surface area contributed by atoms with Gasteiger partial charge in [0.1, 0.15) is 0 Å². The fraction of sp³-hybridized carbons (Fsp3) is 0.219. The molecule has 0 unspecified atom stereocenters. The Balaban J connectivity index is 1.20. The fourth-order valence-electron chi connectivity index (χ4n) is 4.84. The molecule has 0 spiro atoms. The summed E-state index contributed by atoms with van der Waals surface area (Å²) in [5.41, 5.74) is 6.13. The Kier molecular flexibility index (Phi) is 8.37. The Morgan fingerprint density at radius 1 is 0.850 bits per heavy atom. The van der Waals surface area contributed by atoms with Crippen LogP contribution in [0.5, 0.6) is 11.5 Å². The number of ether oxygens (including phenoxy) is 2. The standard InChI is InChI=1S/C32H32N4O4/c1-39-29-12-10-25(18-30(29)40-2)31(37)34-19-22-6-5-7-24(16-22)32(38)35-27-11-9-23-13-15-36(20-26(23)17-27)21-28-8-3-4-14-33-28/h3-12,14,16-18H,13,15,19-21H2,1-2H3,(H,34,37)(H,35,38). The molecule has 3 aromatic carbocycles. The maximum Gasteiger partial charge on any atom is 0.255 e. The largest absolute Gasteiger partial charge is 0.493 e. The van der Waals surface area contributed by atoms with Gasteiger partial charge in [-0.3, -0.25) is 19.5 Å². The van der Waals surface area contributed by atoms with Crippen molar-refractivity contribution in [2.75, 3.05) is 26.1 Å². The lowest BCUT2D eigenvalue weighted by molar-refractivity contribution is 0.0950. The summed E-state index contributed by atoms with van der Waals surface area (Å²) >= 11 is 0. The summed E-state index contributed by atoms with van der Waals surface area (Å²) in [6, 6.07) is 24.3. The van der Waals surface area contributed by atoms with Crippen molar-refractivity contribution >= 4 is 17.5 Å². The zero-order valence-electron chi connectivity index (χ0n) is 22.6. The molecule has 8 nitrogen and oxygen atoms in total. The number of aromatic nitrogens is 1. The molecule has 204 valence electrons. The molecule has 1 aromatic heterocycles. The number of anilines is 1. The highest BCUT2D eigenvalue weighted by Crippen LogP contribution is 2.27. The molecule has 0 saturated heterocycles. The van der Waals surface area contributed by atoms with Crippen LogP contribution in [-0.2, 0) is 26.1 Å². The number of amides is 2. The zero-order valence-corrected chi connectivity index (χ0v) is 22.6. The summed E-state index contributed by atoms with van der Waals surface area (Å²) in [4.78, 5) is 32.6. The minimum Gasteiger partial charge on any atom is -0.493 e. The second-order valence-corrected chi connectivity index (χ2v) is 9.67. The highest BCUT2D eigenvalue weighted by molar-refractivity contribution is 6.04. The van der Waals surface area contributed by atoms with Gasteiger partial charge in [-0.1, -0.05) is 24.3 Å². The average molecular weight is 537 g/mol. The molecule has 1 aliphatic rings. The SMILES string of the molecule is COc1ccc(C(=O)NCc2cccc(C(=O)Nc3ccc4c(c3)CN(Cc3ccccn3)CC4)c2)cc1OC. The molecule has 40 heavy (non-hydrogen) atoms. The summed E-state index contributed by atoms with van der Waals surface area (Å²) < 4.78 is 10.5. The number of nitrogens with zero attached hydrogens (tertiary/aromatic N) is 2. The van der Waals surface area contributed by atoms with Gasteiger partial charge in [-0.15, -0.1) is 0 Å². The third-order valence-corrected chi connectivity index (χ3v) is 6.96. The van der Waals surface area contributed by atoms with Crippen molar-refractivity contribution in [1.29, 1.82) is 0 Å². The van der Waals surface area contributed by atoms with Gasteiger partial charge in [-0.2, -0.15) is 0 Å². The number of benzene rings is 3. The first-order chi connectivity index (χ1) is 19.5. The van der Waals surface area contributed by atoms with E-state index < -0.39 is 0 Å². The number of hydrogen-bond acceptors (Lipinski definition) is 6. The lowest BCUT2D eigenvalue weighted by Crippen LogP contribution is -2.30. The number of rotatable bonds is 9. The van der Waals surface area contributed by atoms with E-state index in [2.05, 4.69) is 32.7 Å². The quantitative estimate of drug-likeness (QED) is 0.318. The highest BCUT2D eigenvalue weighted by atomic mass is 16.5. The van der Waals surface area contributed by atoms with Gasteiger partial charge < -0.3 is 20.1 Å². The number of fused-ring (bicyclic) bond motifs is 1. The van der Waals surface area contributed by atoms with Crippen molar-refractivity contribution in [3.8, 4) is 11.5 Å². The van der Waals surface area contributed by atoms with Crippen LogP contribution in [0.1, 0.15) is 43.1 Å². The molecule has 0 aliphatic carbocycles. The van der Waals surface area contributed by atoms with Crippen LogP contribution in [0.4, 0.5) is 5.69 Å². The summed E-state index contributed by atoms with van der Waals surface area (Å²) in [5, 5.41) is 5.93. The van der Waals surface area contributed by atoms with Crippen LogP contribution in [0.2, 0.25) is 0 Å². The van der Waals surface area contributed by atoms with Gasteiger partial charge in [0, 0.05) is 49.2 Å². The highest BCUT2D eigenvalue weighted by Gasteiger charge is 2.18. The molecule has 0 bridgehead atoms. The molecular weight excluding hydrogens is 504 g/mol. The van der Waals surface area contributed by atoms with Gasteiger partial charge in [0.05, 0.1) is 19.9 Å². The summed E-state index contributed by atoms with van der Waals surface area (Å²) in [7, 11) is 3.07. The van der Waals surface area contributed by atoms with E-state index in [4.69, 9.17) is 9.47 Å². The number of hydrogen-bond donors (Lipinski definition) is 2. The first-order valence-corrected chi connectivity index (χ1v) is 13.2. The van der Waals surface area contributed by atoms with Gasteiger partial charge in [0.15, 0.2) is 11.5 Å². The van der Waals surface area contributed by atoms with Crippen LogP contribution in [0.15, 0.2) is 85.1 Å². The fourth-order valence-corrected chi connectivity index (χ4v) is 4.84. The van der Waals surface area contributed by atoms with Crippen LogP contribution in [-0.4, -0.2) is 42.5 Å². The van der Waals surface area contributed by atoms with E-state index >= 15 is 0 Å². The van der Waals surface area contributed by atoms with Crippen LogP contribution in [0.3, 0.4) is 0 Å². The molecule has 2 N–H and O–H groups in total. The van der Waals surface area contributed by atoms with Crippen molar-refractivity contribution in [3.63, 3.8) is 0 Å². The Hall–Kier alpha value is -4.69. The van der Waals surface area contributed by atoms with E-state index in [9.17, 15) is 9.59 Å². The lowest BCUT2D eigenvalue weighted by Gasteiger charge is -2.28. The predicted molar refractivity (Wildman–Crippen MR) is 154 cm³/mol. The van der Waals surface area contributed by atoms with E-state index in [1.165, 1.54) is 18.2 Å². The molecule has 0 saturated carbocycles. The van der Waals surface area contributed by atoms with E-state index in [-0.39, 0.29) is 18.4 Å². The zero-order chi connectivity index (χ0) is 27.9. The molecule has 0 fully saturated rings. The first kappa shape index (κ1) is 26.9. The maximum atomic E-state index is 13.1. The van der Waals surface area contributed by atoms with E-state index in [0.29, 0.717) is 22.6 Å². The Labute approximate surface area is 234 Å². The van der Waals surface area contributed by atoms with Crippen molar-refractivity contribution in [2.24, 2.45) is 0 Å². The van der Waals surface area contributed by atoms with E-state index in [1.807, 2.05) is 42.6 Å². The number of carbonyl (C=O) groups is 2. The number of carbonyl (C=O) groups excluding carboxylic acids is 2. The molecule has 2 heterocycles. The number of pyridine rings is 1. The molecule has 1 aliphatic heterocycles. The van der Waals surface area contributed by atoms with Crippen LogP contribution >= 0.6 is 0 Å². The Morgan fingerprint density at radius 3 is 2.50 bits per heavy atom.